The molecule has 6 nitrogen and oxygen atoms in total. The molecule has 0 unspecified atom stereocenters. The Balaban J connectivity index is 3.32. The molecular formula is C14H18O6. The summed E-state index contributed by atoms with van der Waals surface area (Å²) in [5.41, 5.74) is 0.216. The highest BCUT2D eigenvalue weighted by atomic mass is 16.5. The van der Waals surface area contributed by atoms with Crippen molar-refractivity contribution in [2.45, 2.75) is 13.3 Å². The first kappa shape index (κ1) is 15.8. The normalized spacial score (nSPS) is 11.6. The average molecular weight is 282 g/mol. The molecule has 0 heterocycles. The molecule has 0 aliphatic carbocycles. The van der Waals surface area contributed by atoms with Gasteiger partial charge in [0, 0.05) is 5.56 Å². The van der Waals surface area contributed by atoms with Crippen molar-refractivity contribution in [3.05, 3.63) is 17.7 Å². The zero-order chi connectivity index (χ0) is 15.3. The van der Waals surface area contributed by atoms with Crippen LogP contribution in [0.4, 0.5) is 0 Å². The summed E-state index contributed by atoms with van der Waals surface area (Å²) in [6.07, 6.45) is 0.213. The molecule has 0 saturated heterocycles. The number of benzene rings is 1. The van der Waals surface area contributed by atoms with E-state index in [4.69, 9.17) is 19.3 Å². The number of carbonyl (C=O) groups excluding carboxylic acids is 1. The molecule has 20 heavy (non-hydrogen) atoms. The van der Waals surface area contributed by atoms with Gasteiger partial charge >= 0.3 is 5.97 Å². The summed E-state index contributed by atoms with van der Waals surface area (Å²) in [7, 11) is 4.31. The van der Waals surface area contributed by atoms with Gasteiger partial charge < -0.3 is 19.3 Å². The molecule has 1 aromatic carbocycles. The van der Waals surface area contributed by atoms with Gasteiger partial charge in [0.15, 0.2) is 17.3 Å². The molecule has 0 bridgehead atoms. The van der Waals surface area contributed by atoms with Crippen LogP contribution in [-0.2, 0) is 4.79 Å². The first-order chi connectivity index (χ1) is 9.49. The van der Waals surface area contributed by atoms with Gasteiger partial charge in [-0.1, -0.05) is 6.92 Å². The zero-order valence-electron chi connectivity index (χ0n) is 11.9. The Bertz CT molecular complexity index is 483. The highest BCUT2D eigenvalue weighted by Gasteiger charge is 2.27. The van der Waals surface area contributed by atoms with Gasteiger partial charge in [0.2, 0.25) is 5.75 Å². The lowest BCUT2D eigenvalue weighted by atomic mass is 9.95. The average Bonchev–Trinajstić information content (AvgIpc) is 2.45. The number of carbonyl (C=O) groups is 2. The number of hydrogen-bond acceptors (Lipinski definition) is 5. The van der Waals surface area contributed by atoms with Crippen molar-refractivity contribution in [3.8, 4) is 17.2 Å². The van der Waals surface area contributed by atoms with Gasteiger partial charge in [0.05, 0.1) is 21.3 Å². The predicted molar refractivity (Wildman–Crippen MR) is 71.8 cm³/mol. The van der Waals surface area contributed by atoms with E-state index in [0.29, 0.717) is 17.2 Å². The lowest BCUT2D eigenvalue weighted by Crippen LogP contribution is -2.23. The van der Waals surface area contributed by atoms with Crippen molar-refractivity contribution in [3.63, 3.8) is 0 Å². The van der Waals surface area contributed by atoms with Gasteiger partial charge in [-0.15, -0.1) is 0 Å². The van der Waals surface area contributed by atoms with Gasteiger partial charge in [-0.2, -0.15) is 0 Å². The SMILES string of the molecule is CC[C@@H](C(=O)O)C(=O)c1cc(OC)c(OC)c(OC)c1. The van der Waals surface area contributed by atoms with E-state index in [9.17, 15) is 9.59 Å². The number of carboxylic acids is 1. The molecule has 0 aliphatic rings. The van der Waals surface area contributed by atoms with Crippen LogP contribution in [0.25, 0.3) is 0 Å². The summed E-state index contributed by atoms with van der Waals surface area (Å²) < 4.78 is 15.4. The van der Waals surface area contributed by atoms with Crippen molar-refractivity contribution >= 4 is 11.8 Å². The van der Waals surface area contributed by atoms with E-state index < -0.39 is 17.7 Å². The molecule has 1 aromatic rings. The van der Waals surface area contributed by atoms with Crippen LogP contribution < -0.4 is 14.2 Å². The second-order valence-corrected chi connectivity index (χ2v) is 4.08. The smallest absolute Gasteiger partial charge is 0.314 e. The van der Waals surface area contributed by atoms with Crippen LogP contribution in [0.3, 0.4) is 0 Å². The molecular weight excluding hydrogens is 264 g/mol. The summed E-state index contributed by atoms with van der Waals surface area (Å²) in [5, 5.41) is 9.05. The van der Waals surface area contributed by atoms with E-state index in [1.165, 1.54) is 33.5 Å². The summed E-state index contributed by atoms with van der Waals surface area (Å²) >= 11 is 0. The number of aliphatic carboxylic acids is 1. The Labute approximate surface area is 117 Å². The first-order valence-corrected chi connectivity index (χ1v) is 6.07. The molecule has 110 valence electrons. The number of ketones is 1. The largest absolute Gasteiger partial charge is 0.493 e. The van der Waals surface area contributed by atoms with Crippen LogP contribution in [0.1, 0.15) is 23.7 Å². The molecule has 0 spiro atoms. The van der Waals surface area contributed by atoms with E-state index in [-0.39, 0.29) is 12.0 Å². The van der Waals surface area contributed by atoms with Gasteiger partial charge in [0.25, 0.3) is 0 Å². The van der Waals surface area contributed by atoms with Gasteiger partial charge in [0.1, 0.15) is 5.92 Å². The van der Waals surface area contributed by atoms with Crippen molar-refractivity contribution in [2.24, 2.45) is 5.92 Å². The first-order valence-electron chi connectivity index (χ1n) is 6.07. The lowest BCUT2D eigenvalue weighted by molar-refractivity contribution is -0.140. The molecule has 0 aromatic heterocycles. The van der Waals surface area contributed by atoms with Crippen molar-refractivity contribution in [1.82, 2.24) is 0 Å². The van der Waals surface area contributed by atoms with Crippen LogP contribution in [0.5, 0.6) is 17.2 Å². The predicted octanol–water partition coefficient (Wildman–Crippen LogP) is 2.01. The number of ether oxygens (including phenoxy) is 3. The van der Waals surface area contributed by atoms with Gasteiger partial charge in [-0.25, -0.2) is 0 Å². The minimum atomic E-state index is -1.15. The second-order valence-electron chi connectivity index (χ2n) is 4.08. The van der Waals surface area contributed by atoms with Gasteiger partial charge in [-0.3, -0.25) is 9.59 Å². The molecule has 6 heteroatoms. The number of Topliss-reactive ketones (excluding diaryl/α,β-unsaturated/α-hetero) is 1. The molecule has 0 radical (unpaired) electrons. The number of rotatable bonds is 7. The van der Waals surface area contributed by atoms with Crippen molar-refractivity contribution in [2.75, 3.05) is 21.3 Å². The Hall–Kier alpha value is -2.24. The van der Waals surface area contributed by atoms with Gasteiger partial charge in [-0.05, 0) is 18.6 Å². The highest BCUT2D eigenvalue weighted by Crippen LogP contribution is 2.38. The molecule has 1 N–H and O–H groups in total. The van der Waals surface area contributed by atoms with Crippen molar-refractivity contribution in [1.29, 1.82) is 0 Å². The monoisotopic (exact) mass is 282 g/mol. The van der Waals surface area contributed by atoms with E-state index in [1.807, 2.05) is 0 Å². The van der Waals surface area contributed by atoms with Crippen molar-refractivity contribution < 1.29 is 28.9 Å². The fourth-order valence-corrected chi connectivity index (χ4v) is 1.90. The van der Waals surface area contributed by atoms with E-state index in [1.54, 1.807) is 6.92 Å². The maximum absolute atomic E-state index is 12.2. The molecule has 0 saturated carbocycles. The number of carboxylic acid groups (broad SMARTS) is 1. The highest BCUT2D eigenvalue weighted by molar-refractivity contribution is 6.08. The fraction of sp³-hybridized carbons (Fsp3) is 0.429. The molecule has 1 rings (SSSR count). The third-order valence-electron chi connectivity index (χ3n) is 2.97. The topological polar surface area (TPSA) is 82.1 Å². The minimum absolute atomic E-state index is 0.213. The maximum Gasteiger partial charge on any atom is 0.314 e. The quantitative estimate of drug-likeness (QED) is 0.608. The fourth-order valence-electron chi connectivity index (χ4n) is 1.90. The Morgan fingerprint density at radius 2 is 1.60 bits per heavy atom. The Kier molecular flexibility index (Phi) is 5.37. The second kappa shape index (κ2) is 6.79. The summed E-state index contributed by atoms with van der Waals surface area (Å²) in [4.78, 5) is 23.3. The number of hydrogen-bond donors (Lipinski definition) is 1. The van der Waals surface area contributed by atoms with E-state index in [2.05, 4.69) is 0 Å². The van der Waals surface area contributed by atoms with Crippen LogP contribution >= 0.6 is 0 Å². The van der Waals surface area contributed by atoms with Crippen LogP contribution in [0.2, 0.25) is 0 Å². The molecule has 0 amide bonds. The lowest BCUT2D eigenvalue weighted by Gasteiger charge is -2.15. The molecule has 1 atom stereocenters. The van der Waals surface area contributed by atoms with E-state index in [0.717, 1.165) is 0 Å². The van der Waals surface area contributed by atoms with Crippen LogP contribution in [-0.4, -0.2) is 38.2 Å². The van der Waals surface area contributed by atoms with Crippen LogP contribution in [0, 0.1) is 5.92 Å². The molecule has 0 fully saturated rings. The Morgan fingerprint density at radius 1 is 1.10 bits per heavy atom. The van der Waals surface area contributed by atoms with Crippen LogP contribution in [0.15, 0.2) is 12.1 Å². The number of methoxy groups -OCH3 is 3. The third-order valence-corrected chi connectivity index (χ3v) is 2.97. The standard InChI is InChI=1S/C14H18O6/c1-5-9(14(16)17)12(15)8-6-10(18-2)13(20-4)11(7-8)19-3/h6-7,9H,5H2,1-4H3,(H,16,17)/t9-/m1/s1. The third kappa shape index (κ3) is 3.01. The maximum atomic E-state index is 12.2. The minimum Gasteiger partial charge on any atom is -0.493 e. The zero-order valence-corrected chi connectivity index (χ0v) is 11.9. The summed E-state index contributed by atoms with van der Waals surface area (Å²) in [5.74, 6) is -1.73. The summed E-state index contributed by atoms with van der Waals surface area (Å²) in [6.45, 7) is 1.65. The summed E-state index contributed by atoms with van der Waals surface area (Å²) in [6, 6.07) is 2.91. The van der Waals surface area contributed by atoms with E-state index >= 15 is 0 Å². The molecule has 0 aliphatic heterocycles. The Morgan fingerprint density at radius 3 is 1.90 bits per heavy atom.